The summed E-state index contributed by atoms with van der Waals surface area (Å²) in [6.45, 7) is 0. The predicted molar refractivity (Wildman–Crippen MR) is 270 cm³/mol. The van der Waals surface area contributed by atoms with Crippen molar-refractivity contribution in [3.63, 3.8) is 0 Å². The Bertz CT molecular complexity index is 3670. The Kier molecular flexibility index (Phi) is 9.20. The van der Waals surface area contributed by atoms with Gasteiger partial charge in [-0.2, -0.15) is 0 Å². The minimum absolute atomic E-state index is 0.700. The van der Waals surface area contributed by atoms with Crippen LogP contribution in [-0.2, 0) is 0 Å². The molecule has 0 radical (unpaired) electrons. The lowest BCUT2D eigenvalue weighted by molar-refractivity contribution is 1.18. The molecule has 11 aromatic carbocycles. The van der Waals surface area contributed by atoms with Gasteiger partial charge in [0.1, 0.15) is 0 Å². The molecule has 1 heterocycles. The highest BCUT2D eigenvalue weighted by Crippen LogP contribution is 2.44. The Morgan fingerprint density at radius 2 is 0.656 bits per heavy atom. The maximum atomic E-state index is 5.13. The van der Waals surface area contributed by atoms with Crippen LogP contribution >= 0.6 is 0 Å². The van der Waals surface area contributed by atoms with Gasteiger partial charge in [0, 0.05) is 16.7 Å². The number of hydrogen-bond donors (Lipinski definition) is 0. The maximum absolute atomic E-state index is 5.13. The summed E-state index contributed by atoms with van der Waals surface area (Å²) in [6, 6.07) is 87.2. The van der Waals surface area contributed by atoms with E-state index in [0.717, 1.165) is 39.2 Å². The van der Waals surface area contributed by atoms with Crippen LogP contribution in [0.15, 0.2) is 243 Å². The molecule has 0 atom stereocenters. The van der Waals surface area contributed by atoms with Crippen LogP contribution in [0.2, 0.25) is 0 Å². The van der Waals surface area contributed by atoms with E-state index in [1.54, 1.807) is 0 Å². The van der Waals surface area contributed by atoms with E-state index in [2.05, 4.69) is 231 Å². The van der Waals surface area contributed by atoms with Crippen LogP contribution in [0.5, 0.6) is 0 Å². The van der Waals surface area contributed by atoms with Crippen LogP contribution in [0, 0.1) is 0 Å². The fourth-order valence-electron chi connectivity index (χ4n) is 9.48. The lowest BCUT2D eigenvalue weighted by atomic mass is 9.86. The normalized spacial score (nSPS) is 11.4. The molecule has 2 nitrogen and oxygen atoms in total. The third-order valence-electron chi connectivity index (χ3n) is 12.7. The first-order valence-electron chi connectivity index (χ1n) is 21.9. The lowest BCUT2D eigenvalue weighted by Gasteiger charge is -2.17. The number of aromatic nitrogens is 2. The summed E-state index contributed by atoms with van der Waals surface area (Å²) < 4.78 is 0. The van der Waals surface area contributed by atoms with E-state index in [-0.39, 0.29) is 0 Å². The molecule has 0 N–H and O–H groups in total. The SMILES string of the molecule is c1ccc(-c2ccc(-c3cc(-c4ccccc4)nc(-c4ccc(-c5ccc(-c6ccc(-c7c8ccccc8cc8c7ccc7ccccc78)c7ccccc67)cc5)cc4)n3)cc2)cc1. The molecule has 0 aliphatic heterocycles. The molecule has 0 bridgehead atoms. The number of fused-ring (bicyclic) bond motifs is 5. The van der Waals surface area contributed by atoms with E-state index in [0.29, 0.717) is 5.82 Å². The molecule has 0 fully saturated rings. The van der Waals surface area contributed by atoms with Crippen LogP contribution < -0.4 is 0 Å². The molecular formula is C62H40N2. The van der Waals surface area contributed by atoms with Gasteiger partial charge in [0.2, 0.25) is 0 Å². The molecule has 0 amide bonds. The first-order valence-corrected chi connectivity index (χ1v) is 21.9. The van der Waals surface area contributed by atoms with Crippen molar-refractivity contribution in [1.82, 2.24) is 9.97 Å². The van der Waals surface area contributed by atoms with Crippen LogP contribution in [0.3, 0.4) is 0 Å². The minimum atomic E-state index is 0.700. The van der Waals surface area contributed by atoms with E-state index < -0.39 is 0 Å². The highest BCUT2D eigenvalue weighted by atomic mass is 14.9. The van der Waals surface area contributed by atoms with Gasteiger partial charge in [-0.25, -0.2) is 9.97 Å². The Morgan fingerprint density at radius 3 is 1.30 bits per heavy atom. The molecule has 0 saturated heterocycles. The highest BCUT2D eigenvalue weighted by molar-refractivity contribution is 6.23. The van der Waals surface area contributed by atoms with Crippen molar-refractivity contribution in [3.8, 4) is 78.4 Å². The minimum Gasteiger partial charge on any atom is -0.228 e. The number of nitrogens with zero attached hydrogens (tertiary/aromatic N) is 2. The zero-order valence-electron chi connectivity index (χ0n) is 35.0. The van der Waals surface area contributed by atoms with Crippen molar-refractivity contribution < 1.29 is 0 Å². The molecule has 12 aromatic rings. The summed E-state index contributed by atoms with van der Waals surface area (Å²) in [4.78, 5) is 10.2. The second-order valence-electron chi connectivity index (χ2n) is 16.5. The van der Waals surface area contributed by atoms with Crippen molar-refractivity contribution in [2.24, 2.45) is 0 Å². The average Bonchev–Trinajstić information content (AvgIpc) is 3.38. The highest BCUT2D eigenvalue weighted by Gasteiger charge is 2.17. The molecule has 2 heteroatoms. The molecule has 12 rings (SSSR count). The standard InChI is InChI=1S/C62H40N2/c1-3-13-41(14-4-1)42-25-31-48(32-26-42)60-40-59(47-16-5-2-6-17-47)63-62(64-60)49-33-27-44(28-34-49)43-23-29-46(30-24-43)52-37-38-56(55-22-12-11-21-54(52)55)61-53-20-10-8-18-50(53)39-58-51-19-9-7-15-45(51)35-36-57(58)61/h1-40H. The zero-order chi connectivity index (χ0) is 42.4. The second-order valence-corrected chi connectivity index (χ2v) is 16.5. The van der Waals surface area contributed by atoms with Crippen LogP contribution in [0.1, 0.15) is 0 Å². The Hall–Kier alpha value is -8.46. The monoisotopic (exact) mass is 812 g/mol. The van der Waals surface area contributed by atoms with Gasteiger partial charge in [0.05, 0.1) is 11.4 Å². The van der Waals surface area contributed by atoms with E-state index in [1.165, 1.54) is 76.5 Å². The first-order chi connectivity index (χ1) is 31.7. The summed E-state index contributed by atoms with van der Waals surface area (Å²) in [7, 11) is 0. The summed E-state index contributed by atoms with van der Waals surface area (Å²) in [5.74, 6) is 0.700. The molecule has 0 aliphatic carbocycles. The molecule has 0 aliphatic rings. The Balaban J connectivity index is 0.880. The Labute approximate surface area is 372 Å². The second kappa shape index (κ2) is 15.8. The van der Waals surface area contributed by atoms with E-state index in [9.17, 15) is 0 Å². The fourth-order valence-corrected chi connectivity index (χ4v) is 9.48. The van der Waals surface area contributed by atoms with Crippen LogP contribution in [-0.4, -0.2) is 9.97 Å². The lowest BCUT2D eigenvalue weighted by Crippen LogP contribution is -1.96. The average molecular weight is 813 g/mol. The van der Waals surface area contributed by atoms with Gasteiger partial charge in [-0.15, -0.1) is 0 Å². The van der Waals surface area contributed by atoms with Gasteiger partial charge in [-0.3, -0.25) is 0 Å². The summed E-state index contributed by atoms with van der Waals surface area (Å²) in [5.41, 5.74) is 14.5. The molecular weight excluding hydrogens is 773 g/mol. The smallest absolute Gasteiger partial charge is 0.160 e. The maximum Gasteiger partial charge on any atom is 0.160 e. The Morgan fingerprint density at radius 1 is 0.219 bits per heavy atom. The quantitative estimate of drug-likeness (QED) is 0.118. The molecule has 1 aromatic heterocycles. The fraction of sp³-hybridized carbons (Fsp3) is 0. The van der Waals surface area contributed by atoms with Crippen molar-refractivity contribution in [3.05, 3.63) is 243 Å². The van der Waals surface area contributed by atoms with Gasteiger partial charge in [-0.1, -0.05) is 231 Å². The van der Waals surface area contributed by atoms with Crippen LogP contribution in [0.25, 0.3) is 122 Å². The van der Waals surface area contributed by atoms with E-state index in [1.807, 2.05) is 12.1 Å². The van der Waals surface area contributed by atoms with E-state index in [4.69, 9.17) is 9.97 Å². The summed E-state index contributed by atoms with van der Waals surface area (Å²) in [6.07, 6.45) is 0. The number of benzene rings is 11. The third kappa shape index (κ3) is 6.70. The van der Waals surface area contributed by atoms with Crippen molar-refractivity contribution in [2.45, 2.75) is 0 Å². The number of hydrogen-bond acceptors (Lipinski definition) is 2. The molecule has 64 heavy (non-hydrogen) atoms. The zero-order valence-corrected chi connectivity index (χ0v) is 35.0. The van der Waals surface area contributed by atoms with Gasteiger partial charge >= 0.3 is 0 Å². The molecule has 0 saturated carbocycles. The summed E-state index contributed by atoms with van der Waals surface area (Å²) >= 11 is 0. The van der Waals surface area contributed by atoms with Crippen molar-refractivity contribution >= 4 is 43.1 Å². The van der Waals surface area contributed by atoms with Crippen molar-refractivity contribution in [2.75, 3.05) is 0 Å². The first kappa shape index (κ1) is 37.3. The van der Waals surface area contributed by atoms with Crippen LogP contribution in [0.4, 0.5) is 0 Å². The van der Waals surface area contributed by atoms with Gasteiger partial charge in [0.15, 0.2) is 5.82 Å². The predicted octanol–water partition coefficient (Wildman–Crippen LogP) is 16.8. The topological polar surface area (TPSA) is 25.8 Å². The molecule has 0 unspecified atom stereocenters. The third-order valence-corrected chi connectivity index (χ3v) is 12.7. The molecule has 298 valence electrons. The number of rotatable bonds is 7. The van der Waals surface area contributed by atoms with Crippen molar-refractivity contribution in [1.29, 1.82) is 0 Å². The summed E-state index contributed by atoms with van der Waals surface area (Å²) in [5, 5.41) is 10.1. The van der Waals surface area contributed by atoms with Gasteiger partial charge in [-0.05, 0) is 99.7 Å². The largest absolute Gasteiger partial charge is 0.228 e. The molecule has 0 spiro atoms. The van der Waals surface area contributed by atoms with Gasteiger partial charge < -0.3 is 0 Å². The van der Waals surface area contributed by atoms with Gasteiger partial charge in [0.25, 0.3) is 0 Å². The van der Waals surface area contributed by atoms with E-state index >= 15 is 0 Å².